The Kier molecular flexibility index (Phi) is 3.25. The molecule has 0 spiro atoms. The minimum atomic E-state index is 0.216. The smallest absolute Gasteiger partial charge is 0.180 e. The van der Waals surface area contributed by atoms with Crippen molar-refractivity contribution in [3.8, 4) is 17.1 Å². The summed E-state index contributed by atoms with van der Waals surface area (Å²) < 4.78 is 1.81. The molecule has 0 saturated heterocycles. The Labute approximate surface area is 135 Å². The molecule has 3 aromatic rings. The summed E-state index contributed by atoms with van der Waals surface area (Å²) in [5.41, 5.74) is 7.63. The quantitative estimate of drug-likeness (QED) is 0.470. The van der Waals surface area contributed by atoms with E-state index >= 15 is 0 Å². The van der Waals surface area contributed by atoms with Gasteiger partial charge in [-0.2, -0.15) is 0 Å². The first-order chi connectivity index (χ1) is 9.04. The second kappa shape index (κ2) is 4.78. The molecule has 2 heterocycles. The molecular formula is C12H8I2N4O. The molecule has 0 radical (unpaired) electrons. The van der Waals surface area contributed by atoms with Crippen LogP contribution in [0.15, 0.2) is 24.3 Å². The highest BCUT2D eigenvalue weighted by Gasteiger charge is 2.13. The third-order valence-corrected chi connectivity index (χ3v) is 4.10. The highest BCUT2D eigenvalue weighted by atomic mass is 127. The highest BCUT2D eigenvalue weighted by molar-refractivity contribution is 14.1. The number of hydrogen-bond acceptors (Lipinski definition) is 4. The number of phenolic OH excluding ortho intramolecular Hbond substituents is 1. The van der Waals surface area contributed by atoms with Gasteiger partial charge in [0.05, 0.1) is 14.7 Å². The number of rotatable bonds is 1. The van der Waals surface area contributed by atoms with E-state index in [1.807, 2.05) is 18.2 Å². The van der Waals surface area contributed by atoms with Crippen molar-refractivity contribution >= 4 is 62.2 Å². The number of anilines is 1. The molecule has 2 aromatic heterocycles. The van der Waals surface area contributed by atoms with Crippen LogP contribution < -0.4 is 5.73 Å². The van der Waals surface area contributed by atoms with E-state index in [2.05, 4.69) is 60.1 Å². The number of aromatic amines is 1. The molecule has 0 aliphatic rings. The second-order valence-corrected chi connectivity index (χ2v) is 6.38. The summed E-state index contributed by atoms with van der Waals surface area (Å²) in [6.07, 6.45) is 0. The topological polar surface area (TPSA) is 87.8 Å². The van der Waals surface area contributed by atoms with Gasteiger partial charge in [-0.15, -0.1) is 0 Å². The van der Waals surface area contributed by atoms with Crippen molar-refractivity contribution in [2.75, 3.05) is 5.73 Å². The number of aromatic nitrogens is 3. The molecular weight excluding hydrogens is 470 g/mol. The van der Waals surface area contributed by atoms with Crippen LogP contribution in [0.25, 0.3) is 22.6 Å². The van der Waals surface area contributed by atoms with Gasteiger partial charge in [-0.3, -0.25) is 0 Å². The first kappa shape index (κ1) is 12.9. The minimum absolute atomic E-state index is 0.216. The average Bonchev–Trinajstić information content (AvgIpc) is 2.76. The van der Waals surface area contributed by atoms with E-state index in [0.717, 1.165) is 12.7 Å². The molecule has 0 bridgehead atoms. The summed E-state index contributed by atoms with van der Waals surface area (Å²) in [6.45, 7) is 0. The summed E-state index contributed by atoms with van der Waals surface area (Å²) in [7, 11) is 0. The summed E-state index contributed by atoms with van der Waals surface area (Å²) in [5, 5.41) is 10.1. The van der Waals surface area contributed by atoms with Crippen LogP contribution in [0, 0.1) is 7.14 Å². The van der Waals surface area contributed by atoms with Gasteiger partial charge in [-0.1, -0.05) is 0 Å². The van der Waals surface area contributed by atoms with Crippen LogP contribution in [-0.4, -0.2) is 20.1 Å². The fourth-order valence-electron chi connectivity index (χ4n) is 1.78. The number of nitrogen functional groups attached to an aromatic ring is 1. The zero-order chi connectivity index (χ0) is 13.6. The van der Waals surface area contributed by atoms with Crippen LogP contribution in [0.1, 0.15) is 0 Å². The maximum absolute atomic E-state index is 10.1. The monoisotopic (exact) mass is 478 g/mol. The molecule has 4 N–H and O–H groups in total. The number of hydrogen-bond donors (Lipinski definition) is 3. The second-order valence-electron chi connectivity index (χ2n) is 3.98. The predicted molar refractivity (Wildman–Crippen MR) is 90.8 cm³/mol. The number of nitrogens with two attached hydrogens (primary N) is 1. The fraction of sp³-hybridized carbons (Fsp3) is 0. The average molecular weight is 478 g/mol. The van der Waals surface area contributed by atoms with E-state index in [4.69, 9.17) is 5.73 Å². The number of imidazole rings is 1. The predicted octanol–water partition coefficient (Wildman–Crippen LogP) is 3.12. The lowest BCUT2D eigenvalue weighted by atomic mass is 10.2. The van der Waals surface area contributed by atoms with Crippen LogP contribution in [0.5, 0.6) is 5.75 Å². The van der Waals surface area contributed by atoms with Gasteiger partial charge in [0.1, 0.15) is 17.4 Å². The molecule has 19 heavy (non-hydrogen) atoms. The molecule has 1 aromatic carbocycles. The van der Waals surface area contributed by atoms with E-state index in [1.54, 1.807) is 6.07 Å². The number of fused-ring (bicyclic) bond motifs is 1. The maximum atomic E-state index is 10.1. The van der Waals surface area contributed by atoms with E-state index in [1.165, 1.54) is 0 Å². The number of pyridine rings is 1. The van der Waals surface area contributed by atoms with Gasteiger partial charge in [0.25, 0.3) is 0 Å². The van der Waals surface area contributed by atoms with Gasteiger partial charge < -0.3 is 15.8 Å². The van der Waals surface area contributed by atoms with Gasteiger partial charge in [-0.25, -0.2) is 9.97 Å². The highest BCUT2D eigenvalue weighted by Crippen LogP contribution is 2.34. The van der Waals surface area contributed by atoms with Crippen LogP contribution in [0.2, 0.25) is 0 Å². The van der Waals surface area contributed by atoms with E-state index < -0.39 is 0 Å². The zero-order valence-corrected chi connectivity index (χ0v) is 13.8. The summed E-state index contributed by atoms with van der Waals surface area (Å²) in [5.74, 6) is 1.22. The summed E-state index contributed by atoms with van der Waals surface area (Å²) >= 11 is 4.30. The molecule has 0 aliphatic carbocycles. The number of phenols is 1. The van der Waals surface area contributed by atoms with Gasteiger partial charge in [-0.05, 0) is 69.4 Å². The van der Waals surface area contributed by atoms with Gasteiger partial charge in [0.2, 0.25) is 0 Å². The van der Waals surface area contributed by atoms with Crippen molar-refractivity contribution < 1.29 is 5.11 Å². The maximum Gasteiger partial charge on any atom is 0.180 e. The normalized spacial score (nSPS) is 11.1. The Morgan fingerprint density at radius 1 is 1.16 bits per heavy atom. The van der Waals surface area contributed by atoms with E-state index in [-0.39, 0.29) is 5.75 Å². The molecule has 7 heteroatoms. The lowest BCUT2D eigenvalue weighted by molar-refractivity contribution is 0.473. The van der Waals surface area contributed by atoms with Crippen LogP contribution in [-0.2, 0) is 0 Å². The van der Waals surface area contributed by atoms with Crippen molar-refractivity contribution in [3.63, 3.8) is 0 Å². The zero-order valence-electron chi connectivity index (χ0n) is 9.48. The lowest BCUT2D eigenvalue weighted by Crippen LogP contribution is -1.88. The molecule has 96 valence electrons. The number of H-pyrrole nitrogens is 1. The Balaban J connectivity index is 2.24. The lowest BCUT2D eigenvalue weighted by Gasteiger charge is -2.04. The molecule has 0 unspecified atom stereocenters. The van der Waals surface area contributed by atoms with Crippen molar-refractivity contribution in [3.05, 3.63) is 31.4 Å². The van der Waals surface area contributed by atoms with Crippen LogP contribution >= 0.6 is 45.2 Å². The molecule has 5 nitrogen and oxygen atoms in total. The molecule has 0 atom stereocenters. The Hall–Kier alpha value is -1.10. The SMILES string of the molecule is Nc1ccc2[nH]c(-c3cc(I)cc(I)c3O)nc2n1. The third kappa shape index (κ3) is 2.36. The minimum Gasteiger partial charge on any atom is -0.506 e. The molecule has 0 fully saturated rings. The summed E-state index contributed by atoms with van der Waals surface area (Å²) in [6, 6.07) is 7.31. The first-order valence-corrected chi connectivity index (χ1v) is 7.51. The Bertz CT molecular complexity index is 785. The molecule has 0 saturated carbocycles. The Morgan fingerprint density at radius 2 is 1.95 bits per heavy atom. The van der Waals surface area contributed by atoms with Gasteiger partial charge in [0, 0.05) is 3.57 Å². The number of nitrogens with one attached hydrogen (secondary N) is 1. The van der Waals surface area contributed by atoms with Gasteiger partial charge in [0.15, 0.2) is 5.65 Å². The van der Waals surface area contributed by atoms with Crippen molar-refractivity contribution in [1.29, 1.82) is 0 Å². The van der Waals surface area contributed by atoms with E-state index in [0.29, 0.717) is 22.9 Å². The van der Waals surface area contributed by atoms with Gasteiger partial charge >= 0.3 is 0 Å². The third-order valence-electron chi connectivity index (χ3n) is 2.65. The standard InChI is InChI=1S/C12H8I2N4O/c13-5-3-6(10(19)7(14)4-5)11-16-8-1-2-9(15)17-12(8)18-11/h1-4,19H,(H3,15,16,17,18). The number of benzene rings is 1. The molecule has 0 aliphatic heterocycles. The first-order valence-electron chi connectivity index (χ1n) is 5.35. The van der Waals surface area contributed by atoms with Crippen molar-refractivity contribution in [2.24, 2.45) is 0 Å². The largest absolute Gasteiger partial charge is 0.506 e. The fourth-order valence-corrected chi connectivity index (χ4v) is 3.63. The Morgan fingerprint density at radius 3 is 2.74 bits per heavy atom. The van der Waals surface area contributed by atoms with Crippen molar-refractivity contribution in [2.45, 2.75) is 0 Å². The van der Waals surface area contributed by atoms with Crippen LogP contribution in [0.3, 0.4) is 0 Å². The summed E-state index contributed by atoms with van der Waals surface area (Å²) in [4.78, 5) is 11.7. The van der Waals surface area contributed by atoms with Crippen LogP contribution in [0.4, 0.5) is 5.82 Å². The number of aromatic hydroxyl groups is 1. The van der Waals surface area contributed by atoms with Crippen molar-refractivity contribution in [1.82, 2.24) is 15.0 Å². The van der Waals surface area contributed by atoms with E-state index in [9.17, 15) is 5.11 Å². The molecule has 0 amide bonds. The number of halogens is 2. The number of nitrogens with zero attached hydrogens (tertiary/aromatic N) is 2. The molecule has 3 rings (SSSR count).